The molecule has 0 saturated carbocycles. The molecule has 0 aromatic heterocycles. The van der Waals surface area contributed by atoms with Gasteiger partial charge in [0.05, 0.1) is 12.8 Å². The molecule has 0 unspecified atom stereocenters. The smallest absolute Gasteiger partial charge is 0.118 e. The van der Waals surface area contributed by atoms with Crippen LogP contribution in [-0.4, -0.2) is 36.0 Å². The molecule has 0 amide bonds. The summed E-state index contributed by atoms with van der Waals surface area (Å²) in [7, 11) is 1.66. The summed E-state index contributed by atoms with van der Waals surface area (Å²) < 4.78 is 5.16. The number of hydrogen-bond donors (Lipinski definition) is 1. The predicted octanol–water partition coefficient (Wildman–Crippen LogP) is -0.404. The molecule has 1 N–H and O–H groups in total. The van der Waals surface area contributed by atoms with Crippen molar-refractivity contribution in [1.82, 2.24) is 4.90 Å². The largest absolute Gasteiger partial charge is 1.00 e. The van der Waals surface area contributed by atoms with E-state index >= 15 is 0 Å². The highest BCUT2D eigenvalue weighted by Gasteiger charge is 2.35. The van der Waals surface area contributed by atoms with Crippen molar-refractivity contribution in [2.75, 3.05) is 20.2 Å². The maximum atomic E-state index is 9.24. The van der Waals surface area contributed by atoms with Crippen molar-refractivity contribution in [1.29, 1.82) is 0 Å². The number of benzene rings is 1. The fourth-order valence-electron chi connectivity index (χ4n) is 2.92. The van der Waals surface area contributed by atoms with Crippen LogP contribution >= 0.6 is 0 Å². The number of piperidine rings is 3. The van der Waals surface area contributed by atoms with Crippen LogP contribution in [0.15, 0.2) is 35.1 Å². The van der Waals surface area contributed by atoms with Gasteiger partial charge in [-0.25, -0.2) is 0 Å². The number of rotatable bonds is 2. The van der Waals surface area contributed by atoms with Crippen LogP contribution < -0.4 is 17.1 Å². The standard InChI is InChI=1S/C15H18N2O2.ClH/c1-19-13-4-2-11(3-5-13)10-14-15(16-18)12-6-8-17(14)9-7-12;/h2-5,10,12,18H,6-9H2,1H3;1H/p-1/b14-10+,16-15?;. The number of ether oxygens (including phenoxy) is 1. The van der Waals surface area contributed by atoms with Crippen molar-refractivity contribution < 1.29 is 22.4 Å². The first-order chi connectivity index (χ1) is 9.31. The molecule has 0 aliphatic carbocycles. The maximum Gasteiger partial charge on any atom is 0.118 e. The quantitative estimate of drug-likeness (QED) is 0.596. The summed E-state index contributed by atoms with van der Waals surface area (Å²) >= 11 is 0. The number of fused-ring (bicyclic) bond motifs is 3. The molecule has 4 nitrogen and oxygen atoms in total. The van der Waals surface area contributed by atoms with Crippen LogP contribution in [0, 0.1) is 5.92 Å². The third-order valence-electron chi connectivity index (χ3n) is 4.01. The summed E-state index contributed by atoms with van der Waals surface area (Å²) in [6.07, 6.45) is 4.29. The molecule has 4 rings (SSSR count). The van der Waals surface area contributed by atoms with Gasteiger partial charge in [-0.1, -0.05) is 17.3 Å². The minimum absolute atomic E-state index is 0. The molecular formula is C15H18ClN2O2-. The van der Waals surface area contributed by atoms with Gasteiger partial charge in [-0.3, -0.25) is 0 Å². The molecule has 20 heavy (non-hydrogen) atoms. The molecule has 3 saturated heterocycles. The van der Waals surface area contributed by atoms with Crippen molar-refractivity contribution in [3.8, 4) is 5.75 Å². The Labute approximate surface area is 125 Å². The summed E-state index contributed by atoms with van der Waals surface area (Å²) in [4.78, 5) is 2.30. The number of oxime groups is 1. The number of allylic oxidation sites excluding steroid dienone is 1. The summed E-state index contributed by atoms with van der Waals surface area (Å²) in [5.41, 5.74) is 3.01. The number of hydrogen-bond acceptors (Lipinski definition) is 4. The van der Waals surface area contributed by atoms with Crippen molar-refractivity contribution >= 4 is 11.8 Å². The Bertz CT molecular complexity index is 517. The molecule has 1 aromatic rings. The maximum absolute atomic E-state index is 9.24. The van der Waals surface area contributed by atoms with Gasteiger partial charge < -0.3 is 27.3 Å². The van der Waals surface area contributed by atoms with E-state index in [0.29, 0.717) is 5.92 Å². The second kappa shape index (κ2) is 6.18. The van der Waals surface area contributed by atoms with Crippen LogP contribution in [0.1, 0.15) is 18.4 Å². The highest BCUT2D eigenvalue weighted by atomic mass is 35.5. The third-order valence-corrected chi connectivity index (χ3v) is 4.01. The second-order valence-corrected chi connectivity index (χ2v) is 5.05. The Hall–Kier alpha value is -1.68. The van der Waals surface area contributed by atoms with E-state index in [1.165, 1.54) is 0 Å². The van der Waals surface area contributed by atoms with Gasteiger partial charge in [0.25, 0.3) is 0 Å². The van der Waals surface area contributed by atoms with Crippen LogP contribution in [0.2, 0.25) is 0 Å². The summed E-state index contributed by atoms with van der Waals surface area (Å²) in [5, 5.41) is 12.8. The number of nitrogens with zero attached hydrogens (tertiary/aromatic N) is 2. The first kappa shape index (κ1) is 14.7. The molecule has 3 aliphatic rings. The molecule has 0 atom stereocenters. The molecule has 3 heterocycles. The van der Waals surface area contributed by atoms with Crippen LogP contribution in [0.5, 0.6) is 5.75 Å². The highest BCUT2D eigenvalue weighted by molar-refractivity contribution is 6.05. The predicted molar refractivity (Wildman–Crippen MR) is 74.5 cm³/mol. The van der Waals surface area contributed by atoms with Crippen molar-refractivity contribution in [3.05, 3.63) is 35.5 Å². The second-order valence-electron chi connectivity index (χ2n) is 5.05. The topological polar surface area (TPSA) is 45.1 Å². The Balaban J connectivity index is 0.00000147. The van der Waals surface area contributed by atoms with Gasteiger partial charge in [0, 0.05) is 19.0 Å². The summed E-state index contributed by atoms with van der Waals surface area (Å²) in [6.45, 7) is 2.12. The SMILES string of the molecule is COc1ccc(/C=C2\C(=NO)C3CCN2CC3)cc1.[Cl-]. The van der Waals surface area contributed by atoms with Gasteiger partial charge in [-0.15, -0.1) is 0 Å². The zero-order valence-corrected chi connectivity index (χ0v) is 12.2. The van der Waals surface area contributed by atoms with Gasteiger partial charge in [-0.05, 0) is 36.6 Å². The summed E-state index contributed by atoms with van der Waals surface area (Å²) in [6, 6.07) is 7.92. The van der Waals surface area contributed by atoms with Gasteiger partial charge in [0.2, 0.25) is 0 Å². The Morgan fingerprint density at radius 2 is 1.90 bits per heavy atom. The minimum atomic E-state index is 0. The Morgan fingerprint density at radius 3 is 2.45 bits per heavy atom. The third kappa shape index (κ3) is 2.61. The first-order valence-electron chi connectivity index (χ1n) is 6.65. The molecule has 5 heteroatoms. The lowest BCUT2D eigenvalue weighted by Gasteiger charge is -2.42. The average molecular weight is 294 g/mol. The molecule has 3 aliphatic heterocycles. The van der Waals surface area contributed by atoms with Crippen LogP contribution in [-0.2, 0) is 0 Å². The van der Waals surface area contributed by atoms with Gasteiger partial charge in [-0.2, -0.15) is 0 Å². The molecule has 2 bridgehead atoms. The molecular weight excluding hydrogens is 276 g/mol. The van der Waals surface area contributed by atoms with Crippen molar-refractivity contribution in [3.63, 3.8) is 0 Å². The molecule has 0 spiro atoms. The zero-order valence-electron chi connectivity index (χ0n) is 11.4. The summed E-state index contributed by atoms with van der Waals surface area (Å²) in [5.74, 6) is 1.27. The van der Waals surface area contributed by atoms with Crippen molar-refractivity contribution in [2.24, 2.45) is 11.1 Å². The lowest BCUT2D eigenvalue weighted by Crippen LogP contribution is -3.00. The van der Waals surface area contributed by atoms with E-state index in [2.05, 4.69) is 16.1 Å². The Kier molecular flexibility index (Phi) is 4.55. The van der Waals surface area contributed by atoms with Crippen LogP contribution in [0.4, 0.5) is 0 Å². The lowest BCUT2D eigenvalue weighted by molar-refractivity contribution is -0.00000498. The van der Waals surface area contributed by atoms with E-state index in [1.807, 2.05) is 24.3 Å². The van der Waals surface area contributed by atoms with Crippen LogP contribution in [0.3, 0.4) is 0 Å². The monoisotopic (exact) mass is 293 g/mol. The highest BCUT2D eigenvalue weighted by Crippen LogP contribution is 2.33. The van der Waals surface area contributed by atoms with E-state index in [9.17, 15) is 5.21 Å². The molecule has 108 valence electrons. The number of halogens is 1. The van der Waals surface area contributed by atoms with E-state index in [-0.39, 0.29) is 12.4 Å². The first-order valence-corrected chi connectivity index (χ1v) is 6.65. The van der Waals surface area contributed by atoms with Crippen LogP contribution in [0.25, 0.3) is 6.08 Å². The van der Waals surface area contributed by atoms with E-state index in [1.54, 1.807) is 7.11 Å². The van der Waals surface area contributed by atoms with Gasteiger partial charge in [0.1, 0.15) is 11.5 Å². The zero-order chi connectivity index (χ0) is 13.2. The van der Waals surface area contributed by atoms with Crippen molar-refractivity contribution in [2.45, 2.75) is 12.8 Å². The Morgan fingerprint density at radius 1 is 1.25 bits per heavy atom. The average Bonchev–Trinajstić information content (AvgIpc) is 2.49. The molecule has 0 radical (unpaired) electrons. The van der Waals surface area contributed by atoms with E-state index < -0.39 is 0 Å². The molecule has 3 fully saturated rings. The fraction of sp³-hybridized carbons (Fsp3) is 0.400. The minimum Gasteiger partial charge on any atom is -1.00 e. The fourth-order valence-corrected chi connectivity index (χ4v) is 2.92. The van der Waals surface area contributed by atoms with E-state index in [4.69, 9.17) is 4.74 Å². The molecule has 1 aromatic carbocycles. The van der Waals surface area contributed by atoms with Gasteiger partial charge in [0.15, 0.2) is 0 Å². The lowest BCUT2D eigenvalue weighted by atomic mass is 9.83. The van der Waals surface area contributed by atoms with E-state index in [0.717, 1.165) is 48.7 Å². The van der Waals surface area contributed by atoms with Gasteiger partial charge >= 0.3 is 0 Å². The normalized spacial score (nSPS) is 22.1. The number of methoxy groups -OCH3 is 1.